The quantitative estimate of drug-likeness (QED) is 0.625. The molecule has 0 radical (unpaired) electrons. The van der Waals surface area contributed by atoms with Crippen LogP contribution in [-0.4, -0.2) is 53.1 Å². The summed E-state index contributed by atoms with van der Waals surface area (Å²) in [5.74, 6) is 1.35. The number of rotatable bonds is 7. The molecule has 1 unspecified atom stereocenters. The summed E-state index contributed by atoms with van der Waals surface area (Å²) in [4.78, 5) is 6.48. The van der Waals surface area contributed by atoms with E-state index in [1.165, 1.54) is 0 Å². The molecule has 1 aliphatic rings. The number of hydrogen-bond acceptors (Lipinski definition) is 6. The molecule has 1 saturated heterocycles. The van der Waals surface area contributed by atoms with Crippen molar-refractivity contribution in [3.63, 3.8) is 0 Å². The lowest BCUT2D eigenvalue weighted by Crippen LogP contribution is -2.47. The van der Waals surface area contributed by atoms with E-state index < -0.39 is 11.8 Å². The molecule has 0 spiro atoms. The number of para-hydroxylation sites is 3. The summed E-state index contributed by atoms with van der Waals surface area (Å²) in [7, 11) is 1.61. The van der Waals surface area contributed by atoms with E-state index in [1.807, 2.05) is 59.5 Å². The van der Waals surface area contributed by atoms with E-state index in [2.05, 4.69) is 4.98 Å². The van der Waals surface area contributed by atoms with Gasteiger partial charge in [-0.2, -0.15) is 0 Å². The molecular weight excluding hydrogens is 380 g/mol. The number of ether oxygens (including phenoxy) is 2. The summed E-state index contributed by atoms with van der Waals surface area (Å²) in [6.07, 6.45) is 2.75. The van der Waals surface area contributed by atoms with Crippen LogP contribution in [0.4, 0.5) is 0 Å². The fourth-order valence-corrected chi connectivity index (χ4v) is 4.00. The minimum atomic E-state index is -0.916. The highest BCUT2D eigenvalue weighted by atomic mass is 16.5. The Kier molecular flexibility index (Phi) is 6.18. The number of fused-ring (bicyclic) bond motifs is 1. The van der Waals surface area contributed by atoms with E-state index >= 15 is 0 Å². The number of aliphatic hydroxyl groups is 2. The molecule has 2 N–H and O–H groups in total. The van der Waals surface area contributed by atoms with Gasteiger partial charge in [-0.05, 0) is 37.1 Å². The van der Waals surface area contributed by atoms with Crippen LogP contribution in [0.25, 0.3) is 10.9 Å². The number of nitrogens with zero attached hydrogens (tertiary/aromatic N) is 2. The third-order valence-electron chi connectivity index (χ3n) is 5.88. The van der Waals surface area contributed by atoms with Gasteiger partial charge >= 0.3 is 0 Å². The lowest BCUT2D eigenvalue weighted by atomic mass is 9.84. The molecule has 1 aromatic heterocycles. The van der Waals surface area contributed by atoms with Gasteiger partial charge in [-0.25, -0.2) is 0 Å². The first-order valence-electron chi connectivity index (χ1n) is 10.3. The van der Waals surface area contributed by atoms with Gasteiger partial charge in [0.25, 0.3) is 0 Å². The maximum atomic E-state index is 11.2. The molecule has 0 bridgehead atoms. The molecule has 3 aromatic rings. The van der Waals surface area contributed by atoms with E-state index in [0.717, 1.165) is 16.5 Å². The second-order valence-electron chi connectivity index (χ2n) is 7.75. The summed E-state index contributed by atoms with van der Waals surface area (Å²) in [5, 5.41) is 22.8. The van der Waals surface area contributed by atoms with Crippen LogP contribution < -0.4 is 9.47 Å². The zero-order valence-electron chi connectivity index (χ0n) is 17.2. The Balaban J connectivity index is 1.31. The van der Waals surface area contributed by atoms with E-state index in [9.17, 15) is 10.2 Å². The molecule has 1 fully saturated rings. The van der Waals surface area contributed by atoms with Crippen LogP contribution in [0, 0.1) is 0 Å². The van der Waals surface area contributed by atoms with Crippen LogP contribution in [0.5, 0.6) is 11.5 Å². The molecule has 0 saturated carbocycles. The van der Waals surface area contributed by atoms with Gasteiger partial charge in [-0.3, -0.25) is 9.88 Å². The number of likely N-dealkylation sites (tertiary alicyclic amines) is 1. The van der Waals surface area contributed by atoms with Crippen molar-refractivity contribution in [3.05, 3.63) is 66.4 Å². The van der Waals surface area contributed by atoms with Gasteiger partial charge in [0.1, 0.15) is 6.23 Å². The van der Waals surface area contributed by atoms with Gasteiger partial charge in [0, 0.05) is 36.7 Å². The van der Waals surface area contributed by atoms with Gasteiger partial charge in [0.05, 0.1) is 24.8 Å². The Morgan fingerprint density at radius 1 is 1.07 bits per heavy atom. The summed E-state index contributed by atoms with van der Waals surface area (Å²) < 4.78 is 11.1. The predicted molar refractivity (Wildman–Crippen MR) is 116 cm³/mol. The molecule has 2 aromatic carbocycles. The average Bonchev–Trinajstić information content (AvgIpc) is 2.79. The fraction of sp³-hybridized carbons (Fsp3) is 0.375. The Morgan fingerprint density at radius 3 is 2.53 bits per heavy atom. The highest BCUT2D eigenvalue weighted by molar-refractivity contribution is 5.78. The summed E-state index contributed by atoms with van der Waals surface area (Å²) in [6, 6.07) is 17.4. The van der Waals surface area contributed by atoms with Gasteiger partial charge in [-0.15, -0.1) is 0 Å². The molecule has 30 heavy (non-hydrogen) atoms. The van der Waals surface area contributed by atoms with Gasteiger partial charge in [0.2, 0.25) is 0 Å². The molecular formula is C24H28N2O4. The van der Waals surface area contributed by atoms with E-state index in [0.29, 0.717) is 50.5 Å². The summed E-state index contributed by atoms with van der Waals surface area (Å²) in [5.41, 5.74) is 0.851. The van der Waals surface area contributed by atoms with Crippen LogP contribution >= 0.6 is 0 Å². The Morgan fingerprint density at radius 2 is 1.77 bits per heavy atom. The topological polar surface area (TPSA) is 75.0 Å². The van der Waals surface area contributed by atoms with Crippen LogP contribution in [0.3, 0.4) is 0 Å². The van der Waals surface area contributed by atoms with E-state index in [1.54, 1.807) is 13.3 Å². The zero-order valence-corrected chi connectivity index (χ0v) is 17.2. The first kappa shape index (κ1) is 20.6. The van der Waals surface area contributed by atoms with Crippen molar-refractivity contribution in [2.24, 2.45) is 0 Å². The third kappa shape index (κ3) is 4.41. The zero-order chi connectivity index (χ0) is 21.0. The first-order chi connectivity index (χ1) is 14.6. The van der Waals surface area contributed by atoms with Gasteiger partial charge in [-0.1, -0.05) is 30.3 Å². The number of aromatic nitrogens is 1. The van der Waals surface area contributed by atoms with Crippen LogP contribution in [-0.2, 0) is 5.60 Å². The Hall–Kier alpha value is -2.67. The average molecular weight is 408 g/mol. The summed E-state index contributed by atoms with van der Waals surface area (Å²) >= 11 is 0. The highest BCUT2D eigenvalue weighted by Crippen LogP contribution is 2.34. The lowest BCUT2D eigenvalue weighted by Gasteiger charge is -2.40. The second-order valence-corrected chi connectivity index (χ2v) is 7.75. The number of piperidine rings is 1. The number of hydrogen-bond donors (Lipinski definition) is 2. The number of pyridine rings is 1. The predicted octanol–water partition coefficient (Wildman–Crippen LogP) is 3.31. The molecule has 0 aliphatic carbocycles. The third-order valence-corrected chi connectivity index (χ3v) is 5.88. The Bertz CT molecular complexity index is 986. The smallest absolute Gasteiger partial charge is 0.161 e. The number of benzene rings is 2. The molecule has 1 atom stereocenters. The molecule has 6 nitrogen and oxygen atoms in total. The minimum absolute atomic E-state index is 0.386. The van der Waals surface area contributed by atoms with Gasteiger partial charge < -0.3 is 19.7 Å². The number of methoxy groups -OCH3 is 1. The highest BCUT2D eigenvalue weighted by Gasteiger charge is 2.36. The maximum Gasteiger partial charge on any atom is 0.161 e. The lowest BCUT2D eigenvalue weighted by molar-refractivity contribution is -0.0820. The second kappa shape index (κ2) is 9.00. The maximum absolute atomic E-state index is 11.2. The van der Waals surface area contributed by atoms with Crippen molar-refractivity contribution in [3.8, 4) is 11.5 Å². The molecule has 0 amide bonds. The van der Waals surface area contributed by atoms with E-state index in [4.69, 9.17) is 9.47 Å². The normalized spacial score (nSPS) is 17.6. The van der Waals surface area contributed by atoms with Crippen molar-refractivity contribution in [2.45, 2.75) is 31.1 Å². The van der Waals surface area contributed by atoms with Crippen LogP contribution in [0.15, 0.2) is 60.8 Å². The van der Waals surface area contributed by atoms with E-state index in [-0.39, 0.29) is 0 Å². The molecule has 2 heterocycles. The molecule has 158 valence electrons. The largest absolute Gasteiger partial charge is 0.493 e. The van der Waals surface area contributed by atoms with Crippen molar-refractivity contribution in [2.75, 3.05) is 26.8 Å². The van der Waals surface area contributed by atoms with Gasteiger partial charge in [0.15, 0.2) is 11.5 Å². The molecule has 1 aliphatic heterocycles. The van der Waals surface area contributed by atoms with Crippen LogP contribution in [0.2, 0.25) is 0 Å². The fourth-order valence-electron chi connectivity index (χ4n) is 4.00. The SMILES string of the molecule is COc1ccccc1OCCC(O)N1CCC(O)(c2cnc3ccccc3c2)CC1. The van der Waals surface area contributed by atoms with Crippen molar-refractivity contribution in [1.29, 1.82) is 0 Å². The van der Waals surface area contributed by atoms with Crippen LogP contribution in [0.1, 0.15) is 24.8 Å². The minimum Gasteiger partial charge on any atom is -0.493 e. The number of aliphatic hydroxyl groups excluding tert-OH is 1. The molecule has 4 rings (SSSR count). The Labute approximate surface area is 176 Å². The first-order valence-corrected chi connectivity index (χ1v) is 10.3. The van der Waals surface area contributed by atoms with Crippen molar-refractivity contribution in [1.82, 2.24) is 9.88 Å². The molecule has 6 heteroatoms. The monoisotopic (exact) mass is 408 g/mol. The summed E-state index contributed by atoms with van der Waals surface area (Å²) in [6.45, 7) is 1.61. The van der Waals surface area contributed by atoms with Crippen molar-refractivity contribution >= 4 is 10.9 Å². The standard InChI is InChI=1S/C24H28N2O4/c1-29-21-8-4-5-9-22(21)30-15-10-23(27)26-13-11-24(28,12-14-26)19-16-18-6-2-3-7-20(18)25-17-19/h2-9,16-17,23,27-28H,10-15H2,1H3. The van der Waals surface area contributed by atoms with Crippen molar-refractivity contribution < 1.29 is 19.7 Å².